The summed E-state index contributed by atoms with van der Waals surface area (Å²) in [6.07, 6.45) is 1.66. The topological polar surface area (TPSA) is 89.9 Å². The van der Waals surface area contributed by atoms with Crippen molar-refractivity contribution in [3.05, 3.63) is 36.0 Å². The van der Waals surface area contributed by atoms with Crippen LogP contribution in [-0.2, 0) is 9.63 Å². The number of hydrogen-bond donors (Lipinski definition) is 1. The average Bonchev–Trinajstić information content (AvgIpc) is 2.92. The molecule has 2 N–H and O–H groups in total. The Balaban J connectivity index is 2.28. The van der Waals surface area contributed by atoms with Crippen molar-refractivity contribution in [1.82, 2.24) is 4.98 Å². The first-order chi connectivity index (χ1) is 11.0. The number of aliphatic imine (C=N–C) groups is 1. The van der Waals surface area contributed by atoms with Gasteiger partial charge in [-0.1, -0.05) is 23.4 Å². The number of nitrogens with zero attached hydrogens (tertiary/aromatic N) is 3. The van der Waals surface area contributed by atoms with Crippen LogP contribution in [0, 0.1) is 0 Å². The molecule has 8 heteroatoms. The molecule has 23 heavy (non-hydrogen) atoms. The van der Waals surface area contributed by atoms with Crippen LogP contribution >= 0.6 is 23.1 Å². The molecule has 1 aromatic carbocycles. The van der Waals surface area contributed by atoms with Crippen molar-refractivity contribution >= 4 is 50.0 Å². The third-order valence-electron chi connectivity index (χ3n) is 2.64. The van der Waals surface area contributed by atoms with Crippen molar-refractivity contribution in [2.24, 2.45) is 15.9 Å². The first-order valence-electron chi connectivity index (χ1n) is 6.71. The highest BCUT2D eigenvalue weighted by atomic mass is 32.2. The van der Waals surface area contributed by atoms with E-state index in [-0.39, 0.29) is 10.8 Å². The van der Waals surface area contributed by atoms with Crippen LogP contribution in [0.25, 0.3) is 10.2 Å². The highest BCUT2D eigenvalue weighted by Gasteiger charge is 2.20. The van der Waals surface area contributed by atoms with Gasteiger partial charge in [-0.25, -0.2) is 9.98 Å². The summed E-state index contributed by atoms with van der Waals surface area (Å²) in [6, 6.07) is 7.72. The third-order valence-corrected chi connectivity index (χ3v) is 4.62. The molecule has 2 rings (SSSR count). The minimum atomic E-state index is -0.302. The number of carbonyl (C=O) groups is 1. The van der Waals surface area contributed by atoms with E-state index in [2.05, 4.69) is 15.1 Å². The lowest BCUT2D eigenvalue weighted by Crippen LogP contribution is -2.16. The number of thiazole rings is 1. The minimum Gasteiger partial charge on any atom is -0.398 e. The van der Waals surface area contributed by atoms with Crippen LogP contribution in [0.1, 0.15) is 13.8 Å². The summed E-state index contributed by atoms with van der Waals surface area (Å²) in [5.74, 6) is 0.333. The smallest absolute Gasteiger partial charge is 0.250 e. The molecular formula is C15H16N4O2S2. The number of amidine groups is 1. The predicted molar refractivity (Wildman–Crippen MR) is 96.0 cm³/mol. The second kappa shape index (κ2) is 7.89. The predicted octanol–water partition coefficient (Wildman–Crippen LogP) is 3.20. The number of hydrogen-bond acceptors (Lipinski definition) is 7. The van der Waals surface area contributed by atoms with Gasteiger partial charge in [-0.05, 0) is 37.7 Å². The van der Waals surface area contributed by atoms with Crippen LogP contribution in [0.4, 0.5) is 0 Å². The normalized spacial score (nSPS) is 13.4. The van der Waals surface area contributed by atoms with Gasteiger partial charge in [-0.3, -0.25) is 4.79 Å². The maximum Gasteiger partial charge on any atom is 0.250 e. The number of nitrogens with two attached hydrogens (primary N) is 1. The van der Waals surface area contributed by atoms with Gasteiger partial charge in [0.15, 0.2) is 10.1 Å². The zero-order chi connectivity index (χ0) is 16.8. The van der Waals surface area contributed by atoms with E-state index >= 15 is 0 Å². The average molecular weight is 348 g/mol. The lowest BCUT2D eigenvalue weighted by Gasteiger charge is -2.04. The molecule has 0 aliphatic heterocycles. The van der Waals surface area contributed by atoms with Crippen molar-refractivity contribution in [1.29, 1.82) is 0 Å². The quantitative estimate of drug-likeness (QED) is 0.388. The molecule has 1 heterocycles. The number of rotatable bonds is 5. The van der Waals surface area contributed by atoms with E-state index in [1.165, 1.54) is 18.4 Å². The highest BCUT2D eigenvalue weighted by molar-refractivity contribution is 8.16. The summed E-state index contributed by atoms with van der Waals surface area (Å²) in [4.78, 5) is 25.8. The fourth-order valence-electron chi connectivity index (χ4n) is 1.75. The van der Waals surface area contributed by atoms with Crippen LogP contribution in [-0.4, -0.2) is 28.8 Å². The van der Waals surface area contributed by atoms with Gasteiger partial charge >= 0.3 is 0 Å². The lowest BCUT2D eigenvalue weighted by molar-refractivity contribution is -0.105. The van der Waals surface area contributed by atoms with Crippen LogP contribution in [0.15, 0.2) is 50.5 Å². The summed E-state index contributed by atoms with van der Waals surface area (Å²) >= 11 is 2.44. The number of thioether (sulfide) groups is 1. The summed E-state index contributed by atoms with van der Waals surface area (Å²) in [5.41, 5.74) is 6.92. The van der Waals surface area contributed by atoms with E-state index < -0.39 is 0 Å². The van der Waals surface area contributed by atoms with Crippen molar-refractivity contribution in [3.63, 3.8) is 0 Å². The number of aromatic nitrogens is 1. The zero-order valence-electron chi connectivity index (χ0n) is 12.9. The van der Waals surface area contributed by atoms with Crippen molar-refractivity contribution in [3.8, 4) is 0 Å². The molecule has 0 amide bonds. The third kappa shape index (κ3) is 4.40. The number of allylic oxidation sites excluding steroid dienone is 2. The summed E-state index contributed by atoms with van der Waals surface area (Å²) < 4.78 is 1.67. The van der Waals surface area contributed by atoms with E-state index in [0.717, 1.165) is 22.0 Å². The first-order valence-corrected chi connectivity index (χ1v) is 8.34. The van der Waals surface area contributed by atoms with Gasteiger partial charge < -0.3 is 10.6 Å². The Hall–Kier alpha value is -2.19. The van der Waals surface area contributed by atoms with E-state index in [1.807, 2.05) is 24.3 Å². The van der Waals surface area contributed by atoms with E-state index in [0.29, 0.717) is 15.9 Å². The van der Waals surface area contributed by atoms with Gasteiger partial charge in [0, 0.05) is 0 Å². The molecule has 0 fully saturated rings. The van der Waals surface area contributed by atoms with Crippen LogP contribution < -0.4 is 5.73 Å². The van der Waals surface area contributed by atoms with Gasteiger partial charge in [0.2, 0.25) is 5.12 Å². The van der Waals surface area contributed by atoms with Crippen LogP contribution in [0.2, 0.25) is 0 Å². The Bertz CT molecular complexity index is 772. The molecule has 1 aromatic heterocycles. The Kier molecular flexibility index (Phi) is 5.89. The summed E-state index contributed by atoms with van der Waals surface area (Å²) in [5, 5.41) is 3.49. The molecule has 0 saturated heterocycles. The summed E-state index contributed by atoms with van der Waals surface area (Å²) in [7, 11) is 1.38. The lowest BCUT2D eigenvalue weighted by atomic mass is 10.3. The molecule has 0 aliphatic carbocycles. The number of fused-ring (bicyclic) bond motifs is 1. The fourth-order valence-corrected chi connectivity index (χ4v) is 3.65. The standard InChI is InChI=1S/C15H16N4O2S2/c1-4-10(17-9(2)16)13(19-21-3)14(20)23-15-18-11-7-5-6-8-12(11)22-15/h4-8H,1-3H3,(H2,16,17)/b10-4-,19-13-. The van der Waals surface area contributed by atoms with Gasteiger partial charge in [-0.15, -0.1) is 11.3 Å². The van der Waals surface area contributed by atoms with Gasteiger partial charge in [0.1, 0.15) is 7.11 Å². The second-order valence-corrected chi connectivity index (χ2v) is 6.64. The fraction of sp³-hybridized carbons (Fsp3) is 0.200. The highest BCUT2D eigenvalue weighted by Crippen LogP contribution is 2.30. The van der Waals surface area contributed by atoms with Crippen molar-refractivity contribution in [2.75, 3.05) is 7.11 Å². The summed E-state index contributed by atoms with van der Waals surface area (Å²) in [6.45, 7) is 3.39. The maximum absolute atomic E-state index is 12.5. The molecule has 0 aliphatic rings. The van der Waals surface area contributed by atoms with Crippen molar-refractivity contribution in [2.45, 2.75) is 18.2 Å². The number of benzene rings is 1. The number of carbonyl (C=O) groups excluding carboxylic acids is 1. The van der Waals surface area contributed by atoms with Crippen molar-refractivity contribution < 1.29 is 9.63 Å². The minimum absolute atomic E-state index is 0.101. The molecule has 0 spiro atoms. The van der Waals surface area contributed by atoms with E-state index in [9.17, 15) is 4.79 Å². The van der Waals surface area contributed by atoms with Gasteiger partial charge in [-0.2, -0.15) is 0 Å². The molecule has 120 valence electrons. The molecule has 0 bridgehead atoms. The first kappa shape index (κ1) is 17.2. The Morgan fingerprint density at radius 1 is 1.43 bits per heavy atom. The Morgan fingerprint density at radius 3 is 2.78 bits per heavy atom. The maximum atomic E-state index is 12.5. The largest absolute Gasteiger partial charge is 0.398 e. The monoisotopic (exact) mass is 348 g/mol. The molecule has 0 saturated carbocycles. The molecule has 0 radical (unpaired) electrons. The SMILES string of the molecule is C/C=C(\N=C(/C)N)C(=N/OC)/C(=O)Sc1nc2ccccc2s1. The molecule has 0 unspecified atom stereocenters. The Labute approximate surface area is 142 Å². The second-order valence-electron chi connectivity index (χ2n) is 4.39. The van der Waals surface area contributed by atoms with Crippen LogP contribution in [0.5, 0.6) is 0 Å². The molecular weight excluding hydrogens is 332 g/mol. The van der Waals surface area contributed by atoms with E-state index in [4.69, 9.17) is 10.6 Å². The Morgan fingerprint density at radius 2 is 2.17 bits per heavy atom. The molecule has 0 atom stereocenters. The number of para-hydroxylation sites is 1. The van der Waals surface area contributed by atoms with Crippen LogP contribution in [0.3, 0.4) is 0 Å². The van der Waals surface area contributed by atoms with Gasteiger partial charge in [0.25, 0.3) is 0 Å². The van der Waals surface area contributed by atoms with Gasteiger partial charge in [0.05, 0.1) is 21.7 Å². The zero-order valence-corrected chi connectivity index (χ0v) is 14.6. The van der Waals surface area contributed by atoms with E-state index in [1.54, 1.807) is 19.9 Å². The number of oxime groups is 1. The molecule has 2 aromatic rings. The molecule has 6 nitrogen and oxygen atoms in total.